The molecule has 3 rings (SSSR count). The number of anilines is 1. The van der Waals surface area contributed by atoms with E-state index in [1.807, 2.05) is 17.0 Å². The Labute approximate surface area is 152 Å². The van der Waals surface area contributed by atoms with E-state index in [1.165, 1.54) is 0 Å². The first-order valence-corrected chi connectivity index (χ1v) is 9.28. The normalized spacial score (nSPS) is 19.7. The maximum atomic E-state index is 12.5. The molecule has 1 amide bonds. The molecule has 1 aromatic rings. The van der Waals surface area contributed by atoms with Gasteiger partial charge in [-0.1, -0.05) is 29.3 Å². The topological polar surface area (TPSA) is 40.6 Å². The van der Waals surface area contributed by atoms with Gasteiger partial charge in [-0.15, -0.1) is 0 Å². The highest BCUT2D eigenvalue weighted by atomic mass is 35.5. The van der Waals surface area contributed by atoms with E-state index in [-0.39, 0.29) is 5.91 Å². The van der Waals surface area contributed by atoms with Gasteiger partial charge in [-0.25, -0.2) is 0 Å². The van der Waals surface area contributed by atoms with E-state index in [4.69, 9.17) is 23.2 Å². The Kier molecular flexibility index (Phi) is 5.67. The lowest BCUT2D eigenvalue weighted by Gasteiger charge is -2.37. The van der Waals surface area contributed by atoms with Gasteiger partial charge in [0.2, 0.25) is 5.91 Å². The van der Waals surface area contributed by atoms with Crippen molar-refractivity contribution in [1.82, 2.24) is 4.90 Å². The second-order valence-electron chi connectivity index (χ2n) is 6.63. The predicted octanol–water partition coefficient (Wildman–Crippen LogP) is 3.79. The van der Waals surface area contributed by atoms with Crippen molar-refractivity contribution in [3.8, 4) is 0 Å². The van der Waals surface area contributed by atoms with E-state index in [9.17, 15) is 9.59 Å². The average molecular weight is 369 g/mol. The highest BCUT2D eigenvalue weighted by Gasteiger charge is 2.26. The summed E-state index contributed by atoms with van der Waals surface area (Å²) < 4.78 is 0. The second-order valence-corrected chi connectivity index (χ2v) is 7.41. The lowest BCUT2D eigenvalue weighted by atomic mass is 9.86. The van der Waals surface area contributed by atoms with Gasteiger partial charge >= 0.3 is 0 Å². The minimum atomic E-state index is 0.214. The summed E-state index contributed by atoms with van der Waals surface area (Å²) >= 11 is 12.4. The summed E-state index contributed by atoms with van der Waals surface area (Å²) in [6.07, 6.45) is 3.58. The molecular weight excluding hydrogens is 347 g/mol. The summed E-state index contributed by atoms with van der Waals surface area (Å²) in [7, 11) is 0. The monoisotopic (exact) mass is 368 g/mol. The lowest BCUT2D eigenvalue weighted by Crippen LogP contribution is -2.49. The Morgan fingerprint density at radius 3 is 2.42 bits per heavy atom. The van der Waals surface area contributed by atoms with Crippen molar-refractivity contribution in [1.29, 1.82) is 0 Å². The van der Waals surface area contributed by atoms with E-state index in [0.29, 0.717) is 54.1 Å². The standard InChI is InChI=1S/C18H22Cl2N2O2/c19-15-2-1-3-16(18(15)20)21-8-10-22(11-9-21)17(24)12-13-4-6-14(23)7-5-13/h1-3,13H,4-12H2. The van der Waals surface area contributed by atoms with Crippen molar-refractivity contribution >= 4 is 40.6 Å². The van der Waals surface area contributed by atoms with Gasteiger partial charge in [0, 0.05) is 45.4 Å². The van der Waals surface area contributed by atoms with E-state index in [0.717, 1.165) is 31.6 Å². The molecule has 24 heavy (non-hydrogen) atoms. The third-order valence-electron chi connectivity index (χ3n) is 5.03. The van der Waals surface area contributed by atoms with Crippen molar-refractivity contribution in [2.45, 2.75) is 32.1 Å². The van der Waals surface area contributed by atoms with Crippen LogP contribution in [0.15, 0.2) is 18.2 Å². The fourth-order valence-corrected chi connectivity index (χ4v) is 3.93. The van der Waals surface area contributed by atoms with Crippen LogP contribution in [0.2, 0.25) is 10.0 Å². The zero-order valence-electron chi connectivity index (χ0n) is 13.6. The van der Waals surface area contributed by atoms with E-state index in [1.54, 1.807) is 6.07 Å². The first-order valence-electron chi connectivity index (χ1n) is 8.53. The lowest BCUT2D eigenvalue weighted by molar-refractivity contribution is -0.133. The third kappa shape index (κ3) is 4.04. The predicted molar refractivity (Wildman–Crippen MR) is 96.8 cm³/mol. The largest absolute Gasteiger partial charge is 0.367 e. The average Bonchev–Trinajstić information content (AvgIpc) is 2.59. The molecular formula is C18H22Cl2N2O2. The summed E-state index contributed by atoms with van der Waals surface area (Å²) in [6.45, 7) is 2.92. The number of Topliss-reactive ketones (excluding diaryl/α,β-unsaturated/α-hetero) is 1. The number of nitrogens with zero attached hydrogens (tertiary/aromatic N) is 2. The Balaban J connectivity index is 1.52. The Morgan fingerprint density at radius 2 is 1.75 bits per heavy atom. The van der Waals surface area contributed by atoms with Gasteiger partial charge in [0.25, 0.3) is 0 Å². The van der Waals surface area contributed by atoms with Crippen LogP contribution in [0.3, 0.4) is 0 Å². The quantitative estimate of drug-likeness (QED) is 0.814. The minimum absolute atomic E-state index is 0.214. The molecule has 2 aliphatic rings. The number of hydrogen-bond acceptors (Lipinski definition) is 3. The fourth-order valence-electron chi connectivity index (χ4n) is 3.51. The molecule has 1 heterocycles. The molecule has 0 aromatic heterocycles. The Bertz CT molecular complexity index is 617. The molecule has 1 aliphatic carbocycles. The molecule has 130 valence electrons. The number of rotatable bonds is 3. The molecule has 0 atom stereocenters. The van der Waals surface area contributed by atoms with Gasteiger partial charge in [0.05, 0.1) is 15.7 Å². The highest BCUT2D eigenvalue weighted by Crippen LogP contribution is 2.33. The maximum absolute atomic E-state index is 12.5. The molecule has 4 nitrogen and oxygen atoms in total. The van der Waals surface area contributed by atoms with Gasteiger partial charge in [0.1, 0.15) is 5.78 Å². The van der Waals surface area contributed by atoms with E-state index >= 15 is 0 Å². The highest BCUT2D eigenvalue weighted by molar-refractivity contribution is 6.43. The summed E-state index contributed by atoms with van der Waals surface area (Å²) in [5.41, 5.74) is 0.932. The van der Waals surface area contributed by atoms with Crippen LogP contribution in [0.5, 0.6) is 0 Å². The summed E-state index contributed by atoms with van der Waals surface area (Å²) in [6, 6.07) is 5.64. The smallest absolute Gasteiger partial charge is 0.222 e. The molecule has 0 bridgehead atoms. The van der Waals surface area contributed by atoms with Gasteiger partial charge in [0.15, 0.2) is 0 Å². The Hall–Kier alpha value is -1.26. The van der Waals surface area contributed by atoms with E-state index < -0.39 is 0 Å². The molecule has 0 spiro atoms. The van der Waals surface area contributed by atoms with Crippen LogP contribution in [0, 0.1) is 5.92 Å². The fraction of sp³-hybridized carbons (Fsp3) is 0.556. The zero-order chi connectivity index (χ0) is 17.1. The van der Waals surface area contributed by atoms with Crippen molar-refractivity contribution in [3.05, 3.63) is 28.2 Å². The van der Waals surface area contributed by atoms with Gasteiger partial charge in [-0.05, 0) is 30.9 Å². The van der Waals surface area contributed by atoms with Crippen LogP contribution in [0.25, 0.3) is 0 Å². The number of halogens is 2. The first kappa shape index (κ1) is 17.6. The summed E-state index contributed by atoms with van der Waals surface area (Å²) in [5.74, 6) is 0.924. The van der Waals surface area contributed by atoms with Crippen molar-refractivity contribution in [3.63, 3.8) is 0 Å². The van der Waals surface area contributed by atoms with Gasteiger partial charge in [-0.2, -0.15) is 0 Å². The molecule has 2 fully saturated rings. The van der Waals surface area contributed by atoms with E-state index in [2.05, 4.69) is 4.90 Å². The Morgan fingerprint density at radius 1 is 1.08 bits per heavy atom. The molecule has 1 saturated carbocycles. The molecule has 0 unspecified atom stereocenters. The molecule has 1 saturated heterocycles. The number of benzene rings is 1. The van der Waals surface area contributed by atoms with Crippen molar-refractivity contribution in [2.24, 2.45) is 5.92 Å². The number of carbonyl (C=O) groups is 2. The van der Waals surface area contributed by atoms with Crippen LogP contribution in [-0.4, -0.2) is 42.8 Å². The third-order valence-corrected chi connectivity index (χ3v) is 5.84. The molecule has 0 N–H and O–H groups in total. The molecule has 1 aliphatic heterocycles. The number of ketones is 1. The zero-order valence-corrected chi connectivity index (χ0v) is 15.2. The van der Waals surface area contributed by atoms with Crippen LogP contribution in [0.1, 0.15) is 32.1 Å². The maximum Gasteiger partial charge on any atom is 0.222 e. The molecule has 0 radical (unpaired) electrons. The first-order chi connectivity index (χ1) is 11.5. The van der Waals surface area contributed by atoms with Crippen molar-refractivity contribution in [2.75, 3.05) is 31.1 Å². The van der Waals surface area contributed by atoms with Crippen LogP contribution in [-0.2, 0) is 9.59 Å². The van der Waals surface area contributed by atoms with Gasteiger partial charge in [-0.3, -0.25) is 9.59 Å². The van der Waals surface area contributed by atoms with Crippen LogP contribution >= 0.6 is 23.2 Å². The molecule has 1 aromatic carbocycles. The number of carbonyl (C=O) groups excluding carboxylic acids is 2. The molecule has 6 heteroatoms. The second kappa shape index (κ2) is 7.75. The SMILES string of the molecule is O=C1CCC(CC(=O)N2CCN(c3cccc(Cl)c3Cl)CC2)CC1. The summed E-state index contributed by atoms with van der Waals surface area (Å²) in [4.78, 5) is 27.9. The number of hydrogen-bond donors (Lipinski definition) is 0. The number of piperazine rings is 1. The van der Waals surface area contributed by atoms with Crippen LogP contribution < -0.4 is 4.90 Å². The summed E-state index contributed by atoms with van der Waals surface area (Å²) in [5, 5.41) is 1.13. The number of amides is 1. The van der Waals surface area contributed by atoms with Gasteiger partial charge < -0.3 is 9.80 Å². The van der Waals surface area contributed by atoms with Crippen LogP contribution in [0.4, 0.5) is 5.69 Å². The van der Waals surface area contributed by atoms with Crippen molar-refractivity contribution < 1.29 is 9.59 Å². The minimum Gasteiger partial charge on any atom is -0.367 e.